The van der Waals surface area contributed by atoms with Crippen molar-refractivity contribution in [2.75, 3.05) is 5.32 Å². The van der Waals surface area contributed by atoms with Crippen LogP contribution in [0, 0.1) is 0 Å². The maximum atomic E-state index is 11.9. The van der Waals surface area contributed by atoms with Crippen LogP contribution in [0.3, 0.4) is 0 Å². The summed E-state index contributed by atoms with van der Waals surface area (Å²) >= 11 is 0. The molecule has 19 heavy (non-hydrogen) atoms. The maximum absolute atomic E-state index is 11.9. The van der Waals surface area contributed by atoms with Crippen LogP contribution >= 0.6 is 0 Å². The molecule has 0 fully saturated rings. The van der Waals surface area contributed by atoms with Gasteiger partial charge in [-0.1, -0.05) is 26.0 Å². The fraction of sp³-hybridized carbons (Fsp3) is 0.308. The van der Waals surface area contributed by atoms with E-state index >= 15 is 0 Å². The summed E-state index contributed by atoms with van der Waals surface area (Å²) in [4.78, 5) is 16.0. The smallest absolute Gasteiger partial charge is 0.295 e. The van der Waals surface area contributed by atoms with Crippen molar-refractivity contribution in [2.45, 2.75) is 26.4 Å². The first-order chi connectivity index (χ1) is 9.10. The van der Waals surface area contributed by atoms with E-state index in [0.717, 1.165) is 5.56 Å². The molecule has 0 atom stereocenters. The van der Waals surface area contributed by atoms with Crippen LogP contribution in [0.25, 0.3) is 0 Å². The normalized spacial score (nSPS) is 10.7. The first-order valence-corrected chi connectivity index (χ1v) is 6.03. The van der Waals surface area contributed by atoms with Gasteiger partial charge in [-0.2, -0.15) is 0 Å². The second-order valence-corrected chi connectivity index (χ2v) is 4.51. The van der Waals surface area contributed by atoms with Crippen LogP contribution in [-0.2, 0) is 6.61 Å². The van der Waals surface area contributed by atoms with Gasteiger partial charge in [0.15, 0.2) is 0 Å². The van der Waals surface area contributed by atoms with Gasteiger partial charge in [0.05, 0.1) is 6.61 Å². The van der Waals surface area contributed by atoms with Crippen molar-refractivity contribution in [1.29, 1.82) is 0 Å². The van der Waals surface area contributed by atoms with Crippen LogP contribution in [-0.4, -0.2) is 26.2 Å². The van der Waals surface area contributed by atoms with Gasteiger partial charge in [-0.05, 0) is 17.7 Å². The highest BCUT2D eigenvalue weighted by Gasteiger charge is 2.14. The summed E-state index contributed by atoms with van der Waals surface area (Å²) in [5, 5.41) is 18.2. The molecule has 0 bridgehead atoms. The lowest BCUT2D eigenvalue weighted by Crippen LogP contribution is -2.13. The number of aliphatic hydroxyl groups is 1. The third-order valence-corrected chi connectivity index (χ3v) is 2.65. The van der Waals surface area contributed by atoms with Crippen molar-refractivity contribution in [3.05, 3.63) is 41.5 Å². The zero-order valence-electron chi connectivity index (χ0n) is 10.8. The predicted octanol–water partition coefficient (Wildman–Crippen LogP) is 1.67. The van der Waals surface area contributed by atoms with Gasteiger partial charge < -0.3 is 10.4 Å². The van der Waals surface area contributed by atoms with Gasteiger partial charge in [0, 0.05) is 11.6 Å². The zero-order chi connectivity index (χ0) is 13.8. The lowest BCUT2D eigenvalue weighted by atomic mass is 10.2. The van der Waals surface area contributed by atoms with Crippen LogP contribution in [0.2, 0.25) is 0 Å². The predicted molar refractivity (Wildman–Crippen MR) is 70.8 cm³/mol. The summed E-state index contributed by atoms with van der Waals surface area (Å²) in [7, 11) is 0. The van der Waals surface area contributed by atoms with Gasteiger partial charge >= 0.3 is 0 Å². The van der Waals surface area contributed by atoms with Gasteiger partial charge in [0.2, 0.25) is 5.82 Å². The average molecular weight is 260 g/mol. The van der Waals surface area contributed by atoms with Gasteiger partial charge in [0.1, 0.15) is 5.82 Å². The van der Waals surface area contributed by atoms with E-state index in [4.69, 9.17) is 5.11 Å². The lowest BCUT2D eigenvalue weighted by molar-refractivity contribution is 0.101. The van der Waals surface area contributed by atoms with Gasteiger partial charge in [-0.25, -0.2) is 4.98 Å². The molecule has 1 aromatic heterocycles. The minimum atomic E-state index is -0.361. The number of hydrogen-bond donors (Lipinski definition) is 3. The molecule has 0 spiro atoms. The first kappa shape index (κ1) is 13.2. The Kier molecular flexibility index (Phi) is 3.91. The van der Waals surface area contributed by atoms with E-state index < -0.39 is 0 Å². The fourth-order valence-electron chi connectivity index (χ4n) is 1.51. The minimum Gasteiger partial charge on any atom is -0.392 e. The average Bonchev–Trinajstić information content (AvgIpc) is 2.89. The van der Waals surface area contributed by atoms with Crippen molar-refractivity contribution in [3.8, 4) is 0 Å². The van der Waals surface area contributed by atoms with Gasteiger partial charge in [-0.15, -0.1) is 5.10 Å². The molecule has 3 N–H and O–H groups in total. The molecule has 0 radical (unpaired) electrons. The molecule has 0 saturated heterocycles. The minimum absolute atomic E-state index is 0.0209. The molecule has 0 unspecified atom stereocenters. The second-order valence-electron chi connectivity index (χ2n) is 4.51. The van der Waals surface area contributed by atoms with Crippen LogP contribution in [0.4, 0.5) is 5.69 Å². The van der Waals surface area contributed by atoms with Crippen molar-refractivity contribution < 1.29 is 9.90 Å². The number of nitrogens with zero attached hydrogens (tertiary/aromatic N) is 2. The number of hydrogen-bond acceptors (Lipinski definition) is 4. The highest BCUT2D eigenvalue weighted by molar-refractivity contribution is 6.01. The molecule has 1 aromatic carbocycles. The summed E-state index contributed by atoms with van der Waals surface area (Å²) < 4.78 is 0. The zero-order valence-corrected chi connectivity index (χ0v) is 10.8. The van der Waals surface area contributed by atoms with Crippen LogP contribution < -0.4 is 5.32 Å². The Morgan fingerprint density at radius 2 is 2.05 bits per heavy atom. The summed E-state index contributed by atoms with van der Waals surface area (Å²) in [6.45, 7) is 3.92. The van der Waals surface area contributed by atoms with E-state index in [0.29, 0.717) is 11.5 Å². The van der Waals surface area contributed by atoms with Crippen molar-refractivity contribution >= 4 is 11.6 Å². The number of nitrogens with one attached hydrogen (secondary N) is 2. The molecule has 0 aliphatic rings. The summed E-state index contributed by atoms with van der Waals surface area (Å²) in [6.07, 6.45) is 0. The summed E-state index contributed by atoms with van der Waals surface area (Å²) in [5.41, 5.74) is 1.43. The molecule has 1 heterocycles. The van der Waals surface area contributed by atoms with Crippen molar-refractivity contribution in [3.63, 3.8) is 0 Å². The molecule has 1 amide bonds. The number of anilines is 1. The Bertz CT molecular complexity index is 560. The Balaban J connectivity index is 2.06. The second kappa shape index (κ2) is 5.62. The Morgan fingerprint density at radius 1 is 1.37 bits per heavy atom. The van der Waals surface area contributed by atoms with Crippen LogP contribution in [0.1, 0.15) is 41.8 Å². The lowest BCUT2D eigenvalue weighted by Gasteiger charge is -2.03. The van der Waals surface area contributed by atoms with E-state index in [-0.39, 0.29) is 24.3 Å². The molecule has 6 heteroatoms. The molecule has 100 valence electrons. The number of benzene rings is 1. The Hall–Kier alpha value is -2.21. The van der Waals surface area contributed by atoms with Crippen LogP contribution in [0.5, 0.6) is 0 Å². The van der Waals surface area contributed by atoms with Gasteiger partial charge in [0.25, 0.3) is 5.91 Å². The maximum Gasteiger partial charge on any atom is 0.295 e. The molecule has 6 nitrogen and oxygen atoms in total. The highest BCUT2D eigenvalue weighted by Crippen LogP contribution is 2.12. The molecule has 0 saturated carbocycles. The van der Waals surface area contributed by atoms with Crippen molar-refractivity contribution in [2.24, 2.45) is 0 Å². The standard InChI is InChI=1S/C13H16N4O2/c1-8(2)11-15-12(17-16-11)13(19)14-10-5-3-9(7-18)4-6-10/h3-6,8,18H,7H2,1-2H3,(H,14,19)(H,15,16,17). The number of carbonyl (C=O) groups is 1. The molecular formula is C13H16N4O2. The Labute approximate surface area is 110 Å². The number of H-pyrrole nitrogens is 1. The number of aromatic amines is 1. The van der Waals surface area contributed by atoms with E-state index in [2.05, 4.69) is 20.5 Å². The third-order valence-electron chi connectivity index (χ3n) is 2.65. The summed E-state index contributed by atoms with van der Waals surface area (Å²) in [6, 6.07) is 6.93. The molecule has 2 rings (SSSR count). The van der Waals surface area contributed by atoms with E-state index in [1.807, 2.05) is 13.8 Å². The van der Waals surface area contributed by atoms with Crippen LogP contribution in [0.15, 0.2) is 24.3 Å². The largest absolute Gasteiger partial charge is 0.392 e. The number of rotatable bonds is 4. The topological polar surface area (TPSA) is 90.9 Å². The number of aromatic nitrogens is 3. The first-order valence-electron chi connectivity index (χ1n) is 6.03. The SMILES string of the molecule is CC(C)c1nc(C(=O)Nc2ccc(CO)cc2)n[nH]1. The molecule has 0 aliphatic heterocycles. The van der Waals surface area contributed by atoms with E-state index in [1.165, 1.54) is 0 Å². The number of carbonyl (C=O) groups excluding carboxylic acids is 1. The number of amides is 1. The number of aliphatic hydroxyl groups excluding tert-OH is 1. The monoisotopic (exact) mass is 260 g/mol. The quantitative estimate of drug-likeness (QED) is 0.780. The van der Waals surface area contributed by atoms with Crippen molar-refractivity contribution in [1.82, 2.24) is 15.2 Å². The van der Waals surface area contributed by atoms with Gasteiger partial charge in [-0.3, -0.25) is 9.89 Å². The van der Waals surface area contributed by atoms with E-state index in [1.54, 1.807) is 24.3 Å². The molecule has 0 aliphatic carbocycles. The third kappa shape index (κ3) is 3.17. The van der Waals surface area contributed by atoms with E-state index in [9.17, 15) is 4.79 Å². The summed E-state index contributed by atoms with van der Waals surface area (Å²) in [5.74, 6) is 0.633. The fourth-order valence-corrected chi connectivity index (χ4v) is 1.51. The Morgan fingerprint density at radius 3 is 2.58 bits per heavy atom. The molecular weight excluding hydrogens is 244 g/mol. The molecule has 2 aromatic rings. The highest BCUT2D eigenvalue weighted by atomic mass is 16.3.